The summed E-state index contributed by atoms with van der Waals surface area (Å²) in [5, 5.41) is 22.4. The van der Waals surface area contributed by atoms with E-state index in [0.717, 1.165) is 24.2 Å². The van der Waals surface area contributed by atoms with E-state index in [1.807, 2.05) is 13.0 Å². The Balaban J connectivity index is 2.04. The zero-order valence-corrected chi connectivity index (χ0v) is 10.2. The van der Waals surface area contributed by atoms with Crippen LogP contribution in [-0.4, -0.2) is 29.5 Å². The second-order valence-corrected chi connectivity index (χ2v) is 4.64. The molecule has 1 fully saturated rings. The van der Waals surface area contributed by atoms with Crippen molar-refractivity contribution in [2.24, 2.45) is 0 Å². The highest BCUT2D eigenvalue weighted by atomic mass is 16.5. The fraction of sp³-hybridized carbons (Fsp3) is 0.538. The van der Waals surface area contributed by atoms with Crippen molar-refractivity contribution < 1.29 is 14.9 Å². The van der Waals surface area contributed by atoms with Crippen LogP contribution >= 0.6 is 0 Å². The zero-order chi connectivity index (χ0) is 12.4. The standard InChI is InChI=1S/C13H19NO3/c1-8(14-9-5-10(15)6-9)12-7-11(17-2)3-4-13(12)16/h3-4,7-10,14-16H,5-6H2,1-2H3. The molecule has 1 aliphatic rings. The van der Waals surface area contributed by atoms with Gasteiger partial charge in [-0.1, -0.05) is 0 Å². The number of aliphatic hydroxyl groups is 1. The molecule has 0 bridgehead atoms. The number of rotatable bonds is 4. The van der Waals surface area contributed by atoms with E-state index in [4.69, 9.17) is 4.74 Å². The minimum Gasteiger partial charge on any atom is -0.508 e. The predicted molar refractivity (Wildman–Crippen MR) is 65.2 cm³/mol. The number of aliphatic hydroxyl groups excluding tert-OH is 1. The zero-order valence-electron chi connectivity index (χ0n) is 10.2. The Labute approximate surface area is 101 Å². The summed E-state index contributed by atoms with van der Waals surface area (Å²) in [4.78, 5) is 0. The third kappa shape index (κ3) is 2.70. The summed E-state index contributed by atoms with van der Waals surface area (Å²) in [5.41, 5.74) is 0.825. The number of phenolic OH excluding ortho intramolecular Hbond substituents is 1. The quantitative estimate of drug-likeness (QED) is 0.744. The van der Waals surface area contributed by atoms with Crippen molar-refractivity contribution in [3.63, 3.8) is 0 Å². The van der Waals surface area contributed by atoms with E-state index in [9.17, 15) is 10.2 Å². The molecule has 1 aromatic rings. The maximum Gasteiger partial charge on any atom is 0.120 e. The monoisotopic (exact) mass is 237 g/mol. The molecule has 4 heteroatoms. The van der Waals surface area contributed by atoms with Crippen LogP contribution in [-0.2, 0) is 0 Å². The summed E-state index contributed by atoms with van der Waals surface area (Å²) in [5.74, 6) is 1.01. The largest absolute Gasteiger partial charge is 0.508 e. The average molecular weight is 237 g/mol. The number of hydrogen-bond acceptors (Lipinski definition) is 4. The Morgan fingerprint density at radius 2 is 2.12 bits per heavy atom. The number of benzene rings is 1. The Kier molecular flexibility index (Phi) is 3.54. The van der Waals surface area contributed by atoms with Gasteiger partial charge < -0.3 is 20.3 Å². The predicted octanol–water partition coefficient (Wildman–Crippen LogP) is 1.57. The van der Waals surface area contributed by atoms with Crippen LogP contribution in [0.4, 0.5) is 0 Å². The molecular formula is C13H19NO3. The molecule has 0 heterocycles. The fourth-order valence-corrected chi connectivity index (χ4v) is 2.17. The Hall–Kier alpha value is -1.26. The van der Waals surface area contributed by atoms with Crippen molar-refractivity contribution in [3.05, 3.63) is 23.8 Å². The maximum absolute atomic E-state index is 9.81. The van der Waals surface area contributed by atoms with Gasteiger partial charge in [0.05, 0.1) is 13.2 Å². The lowest BCUT2D eigenvalue weighted by atomic mass is 9.88. The smallest absolute Gasteiger partial charge is 0.120 e. The summed E-state index contributed by atoms with van der Waals surface area (Å²) in [7, 11) is 1.61. The third-order valence-electron chi connectivity index (χ3n) is 3.30. The van der Waals surface area contributed by atoms with E-state index in [0.29, 0.717) is 6.04 Å². The van der Waals surface area contributed by atoms with Crippen molar-refractivity contribution in [2.45, 2.75) is 38.0 Å². The minimum atomic E-state index is -0.168. The van der Waals surface area contributed by atoms with Crippen LogP contribution in [0.15, 0.2) is 18.2 Å². The van der Waals surface area contributed by atoms with Crippen molar-refractivity contribution in [3.8, 4) is 11.5 Å². The molecule has 1 unspecified atom stereocenters. The molecule has 1 saturated carbocycles. The van der Waals surface area contributed by atoms with Gasteiger partial charge in [0.15, 0.2) is 0 Å². The fourth-order valence-electron chi connectivity index (χ4n) is 2.17. The van der Waals surface area contributed by atoms with Gasteiger partial charge in [0.2, 0.25) is 0 Å². The minimum absolute atomic E-state index is 0.0441. The summed E-state index contributed by atoms with van der Waals surface area (Å²) in [6.45, 7) is 2.00. The summed E-state index contributed by atoms with van der Waals surface area (Å²) in [6, 6.07) is 5.59. The van der Waals surface area contributed by atoms with Crippen LogP contribution in [0.3, 0.4) is 0 Å². The van der Waals surface area contributed by atoms with E-state index < -0.39 is 0 Å². The van der Waals surface area contributed by atoms with E-state index in [-0.39, 0.29) is 17.9 Å². The summed E-state index contributed by atoms with van der Waals surface area (Å²) >= 11 is 0. The molecule has 1 atom stereocenters. The average Bonchev–Trinajstić information content (AvgIpc) is 2.27. The van der Waals surface area contributed by atoms with Gasteiger partial charge in [0, 0.05) is 17.6 Å². The summed E-state index contributed by atoms with van der Waals surface area (Å²) < 4.78 is 5.14. The van der Waals surface area contributed by atoms with Gasteiger partial charge in [-0.25, -0.2) is 0 Å². The van der Waals surface area contributed by atoms with E-state index in [1.54, 1.807) is 19.2 Å². The molecule has 0 spiro atoms. The first-order chi connectivity index (χ1) is 8.10. The second kappa shape index (κ2) is 4.94. The first-order valence-electron chi connectivity index (χ1n) is 5.91. The molecule has 4 nitrogen and oxygen atoms in total. The van der Waals surface area contributed by atoms with Crippen molar-refractivity contribution in [2.75, 3.05) is 7.11 Å². The lowest BCUT2D eigenvalue weighted by Gasteiger charge is -2.34. The van der Waals surface area contributed by atoms with Gasteiger partial charge >= 0.3 is 0 Å². The number of phenols is 1. The van der Waals surface area contributed by atoms with Gasteiger partial charge in [-0.15, -0.1) is 0 Å². The van der Waals surface area contributed by atoms with Gasteiger partial charge in [-0.3, -0.25) is 0 Å². The van der Waals surface area contributed by atoms with Gasteiger partial charge in [0.1, 0.15) is 11.5 Å². The highest BCUT2D eigenvalue weighted by Gasteiger charge is 2.28. The number of methoxy groups -OCH3 is 1. The molecule has 3 N–H and O–H groups in total. The van der Waals surface area contributed by atoms with Crippen LogP contribution in [0.5, 0.6) is 11.5 Å². The highest BCUT2D eigenvalue weighted by molar-refractivity contribution is 5.41. The Morgan fingerprint density at radius 3 is 2.71 bits per heavy atom. The molecule has 1 aromatic carbocycles. The van der Waals surface area contributed by atoms with E-state index >= 15 is 0 Å². The Bertz CT molecular complexity index is 388. The number of aromatic hydroxyl groups is 1. The van der Waals surface area contributed by atoms with Gasteiger partial charge in [-0.05, 0) is 38.0 Å². The highest BCUT2D eigenvalue weighted by Crippen LogP contribution is 2.30. The molecule has 0 saturated heterocycles. The van der Waals surface area contributed by atoms with Gasteiger partial charge in [0.25, 0.3) is 0 Å². The third-order valence-corrected chi connectivity index (χ3v) is 3.30. The van der Waals surface area contributed by atoms with E-state index in [1.165, 1.54) is 0 Å². The molecule has 2 rings (SSSR count). The first-order valence-corrected chi connectivity index (χ1v) is 5.91. The molecule has 0 radical (unpaired) electrons. The lowest BCUT2D eigenvalue weighted by Crippen LogP contribution is -2.45. The molecule has 17 heavy (non-hydrogen) atoms. The van der Waals surface area contributed by atoms with Crippen LogP contribution in [0.25, 0.3) is 0 Å². The number of hydrogen-bond donors (Lipinski definition) is 3. The topological polar surface area (TPSA) is 61.7 Å². The second-order valence-electron chi connectivity index (χ2n) is 4.64. The Morgan fingerprint density at radius 1 is 1.41 bits per heavy atom. The molecule has 1 aliphatic carbocycles. The summed E-state index contributed by atoms with van der Waals surface area (Å²) in [6.07, 6.45) is 1.41. The van der Waals surface area contributed by atoms with Crippen LogP contribution in [0.2, 0.25) is 0 Å². The van der Waals surface area contributed by atoms with Crippen molar-refractivity contribution in [1.29, 1.82) is 0 Å². The van der Waals surface area contributed by atoms with E-state index in [2.05, 4.69) is 5.32 Å². The number of nitrogens with one attached hydrogen (secondary N) is 1. The molecular weight excluding hydrogens is 218 g/mol. The van der Waals surface area contributed by atoms with Crippen LogP contribution in [0, 0.1) is 0 Å². The van der Waals surface area contributed by atoms with Crippen LogP contribution in [0.1, 0.15) is 31.4 Å². The SMILES string of the molecule is COc1ccc(O)c(C(C)NC2CC(O)C2)c1. The lowest BCUT2D eigenvalue weighted by molar-refractivity contribution is 0.0584. The van der Waals surface area contributed by atoms with Crippen molar-refractivity contribution >= 4 is 0 Å². The normalized spacial score (nSPS) is 25.1. The molecule has 0 amide bonds. The van der Waals surface area contributed by atoms with Crippen molar-refractivity contribution in [1.82, 2.24) is 5.32 Å². The maximum atomic E-state index is 9.81. The molecule has 0 aliphatic heterocycles. The molecule has 0 aromatic heterocycles. The van der Waals surface area contributed by atoms with Gasteiger partial charge in [-0.2, -0.15) is 0 Å². The van der Waals surface area contributed by atoms with Crippen LogP contribution < -0.4 is 10.1 Å². The first kappa shape index (κ1) is 12.2. The number of ether oxygens (including phenoxy) is 1. The molecule has 94 valence electrons.